The molecule has 1 aliphatic rings. The number of hydrogen-bond acceptors (Lipinski definition) is 2. The first-order valence-electron chi connectivity index (χ1n) is 6.24. The second kappa shape index (κ2) is 4.78. The molecule has 1 aromatic rings. The van der Waals surface area contributed by atoms with Crippen LogP contribution in [-0.4, -0.2) is 11.1 Å². The fourth-order valence-corrected chi connectivity index (χ4v) is 2.79. The Bertz CT molecular complexity index is 406. The summed E-state index contributed by atoms with van der Waals surface area (Å²) < 4.78 is 0. The normalized spacial score (nSPS) is 19.5. The van der Waals surface area contributed by atoms with E-state index in [1.165, 1.54) is 0 Å². The van der Waals surface area contributed by atoms with Gasteiger partial charge < -0.3 is 10.8 Å². The summed E-state index contributed by atoms with van der Waals surface area (Å²) >= 11 is 0. The standard InChI is InChI=1S/C14H19NO2/c15-12-7-5-6-11(10-12)14(13(16)17)8-3-1-2-4-9-14/h5-7,10H,1-4,8-9,15H2,(H,16,17). The molecule has 0 aliphatic heterocycles. The van der Waals surface area contributed by atoms with E-state index in [1.807, 2.05) is 18.2 Å². The summed E-state index contributed by atoms with van der Waals surface area (Å²) in [7, 11) is 0. The van der Waals surface area contributed by atoms with Crippen LogP contribution in [0.25, 0.3) is 0 Å². The first kappa shape index (κ1) is 12.0. The van der Waals surface area contributed by atoms with E-state index in [0.717, 1.165) is 44.1 Å². The zero-order chi connectivity index (χ0) is 12.3. The third-order valence-corrected chi connectivity index (χ3v) is 3.81. The number of benzene rings is 1. The summed E-state index contributed by atoms with van der Waals surface area (Å²) in [5.74, 6) is -0.704. The Hall–Kier alpha value is -1.51. The van der Waals surface area contributed by atoms with Gasteiger partial charge in [-0.05, 0) is 30.5 Å². The molecule has 0 bridgehead atoms. The van der Waals surface area contributed by atoms with E-state index in [2.05, 4.69) is 0 Å². The zero-order valence-electron chi connectivity index (χ0n) is 9.98. The van der Waals surface area contributed by atoms with Crippen LogP contribution in [0.5, 0.6) is 0 Å². The lowest BCUT2D eigenvalue weighted by atomic mass is 9.74. The highest BCUT2D eigenvalue weighted by Gasteiger charge is 2.40. The molecular weight excluding hydrogens is 214 g/mol. The van der Waals surface area contributed by atoms with Crippen molar-refractivity contribution >= 4 is 11.7 Å². The van der Waals surface area contributed by atoms with Crippen LogP contribution in [-0.2, 0) is 10.2 Å². The molecule has 0 saturated heterocycles. The molecular formula is C14H19NO2. The lowest BCUT2D eigenvalue weighted by Gasteiger charge is -2.28. The SMILES string of the molecule is Nc1cccc(C2(C(=O)O)CCCCCC2)c1. The van der Waals surface area contributed by atoms with Gasteiger partial charge in [0.15, 0.2) is 0 Å². The van der Waals surface area contributed by atoms with Gasteiger partial charge >= 0.3 is 5.97 Å². The van der Waals surface area contributed by atoms with Crippen molar-refractivity contribution in [2.75, 3.05) is 5.73 Å². The Morgan fingerprint density at radius 1 is 1.18 bits per heavy atom. The van der Waals surface area contributed by atoms with Gasteiger partial charge in [-0.2, -0.15) is 0 Å². The monoisotopic (exact) mass is 233 g/mol. The van der Waals surface area contributed by atoms with Crippen LogP contribution in [0.3, 0.4) is 0 Å². The van der Waals surface area contributed by atoms with Crippen molar-refractivity contribution in [1.29, 1.82) is 0 Å². The van der Waals surface area contributed by atoms with Crippen LogP contribution >= 0.6 is 0 Å². The largest absolute Gasteiger partial charge is 0.481 e. The maximum Gasteiger partial charge on any atom is 0.314 e. The highest BCUT2D eigenvalue weighted by Crippen LogP contribution is 2.39. The maximum absolute atomic E-state index is 11.7. The van der Waals surface area contributed by atoms with Gasteiger partial charge in [-0.3, -0.25) is 4.79 Å². The Morgan fingerprint density at radius 2 is 1.82 bits per heavy atom. The van der Waals surface area contributed by atoms with Gasteiger partial charge in [0.2, 0.25) is 0 Å². The van der Waals surface area contributed by atoms with Crippen molar-refractivity contribution in [3.63, 3.8) is 0 Å². The number of carboxylic acids is 1. The molecule has 1 fully saturated rings. The molecule has 17 heavy (non-hydrogen) atoms. The number of rotatable bonds is 2. The van der Waals surface area contributed by atoms with E-state index in [-0.39, 0.29) is 0 Å². The summed E-state index contributed by atoms with van der Waals surface area (Å²) in [6.07, 6.45) is 5.70. The van der Waals surface area contributed by atoms with Gasteiger partial charge in [0.25, 0.3) is 0 Å². The smallest absolute Gasteiger partial charge is 0.314 e. The molecule has 0 amide bonds. The van der Waals surface area contributed by atoms with Crippen molar-refractivity contribution in [2.24, 2.45) is 0 Å². The molecule has 3 nitrogen and oxygen atoms in total. The topological polar surface area (TPSA) is 63.3 Å². The molecule has 1 aromatic carbocycles. The van der Waals surface area contributed by atoms with Crippen LogP contribution in [0.4, 0.5) is 5.69 Å². The van der Waals surface area contributed by atoms with Crippen molar-refractivity contribution in [2.45, 2.75) is 43.9 Å². The minimum Gasteiger partial charge on any atom is -0.481 e. The van der Waals surface area contributed by atoms with Gasteiger partial charge in [0.05, 0.1) is 5.41 Å². The van der Waals surface area contributed by atoms with E-state index >= 15 is 0 Å². The number of hydrogen-bond donors (Lipinski definition) is 2. The first-order chi connectivity index (χ1) is 8.15. The van der Waals surface area contributed by atoms with E-state index in [1.54, 1.807) is 6.07 Å². The lowest BCUT2D eigenvalue weighted by molar-refractivity contribution is -0.144. The third-order valence-electron chi connectivity index (χ3n) is 3.81. The molecule has 0 heterocycles. The molecule has 3 heteroatoms. The molecule has 1 aliphatic carbocycles. The van der Waals surface area contributed by atoms with E-state index in [9.17, 15) is 9.90 Å². The molecule has 1 saturated carbocycles. The van der Waals surface area contributed by atoms with Crippen molar-refractivity contribution < 1.29 is 9.90 Å². The number of aliphatic carboxylic acids is 1. The van der Waals surface area contributed by atoms with Crippen LogP contribution in [0, 0.1) is 0 Å². The molecule has 92 valence electrons. The summed E-state index contributed by atoms with van der Waals surface area (Å²) in [6.45, 7) is 0. The number of anilines is 1. The lowest BCUT2D eigenvalue weighted by Crippen LogP contribution is -2.35. The molecule has 0 unspecified atom stereocenters. The van der Waals surface area contributed by atoms with Crippen molar-refractivity contribution in [1.82, 2.24) is 0 Å². The van der Waals surface area contributed by atoms with E-state index in [4.69, 9.17) is 5.73 Å². The number of carbonyl (C=O) groups is 1. The van der Waals surface area contributed by atoms with Crippen LogP contribution in [0.15, 0.2) is 24.3 Å². The van der Waals surface area contributed by atoms with Crippen LogP contribution in [0.2, 0.25) is 0 Å². The summed E-state index contributed by atoms with van der Waals surface area (Å²) in [5, 5.41) is 9.62. The molecule has 0 radical (unpaired) electrons. The minimum atomic E-state index is -0.716. The minimum absolute atomic E-state index is 0.646. The van der Waals surface area contributed by atoms with E-state index < -0.39 is 11.4 Å². The molecule has 2 rings (SSSR count). The fraction of sp³-hybridized carbons (Fsp3) is 0.500. The van der Waals surface area contributed by atoms with Crippen LogP contribution in [0.1, 0.15) is 44.1 Å². The second-order valence-electron chi connectivity index (χ2n) is 4.93. The number of nitrogen functional groups attached to an aromatic ring is 1. The Kier molecular flexibility index (Phi) is 3.36. The van der Waals surface area contributed by atoms with Gasteiger partial charge in [-0.1, -0.05) is 37.8 Å². The van der Waals surface area contributed by atoms with Gasteiger partial charge in [-0.15, -0.1) is 0 Å². The fourth-order valence-electron chi connectivity index (χ4n) is 2.79. The number of nitrogens with two attached hydrogens (primary N) is 1. The molecule has 0 atom stereocenters. The third kappa shape index (κ3) is 2.28. The van der Waals surface area contributed by atoms with Gasteiger partial charge in [-0.25, -0.2) is 0 Å². The Morgan fingerprint density at radius 3 is 2.35 bits per heavy atom. The average molecular weight is 233 g/mol. The van der Waals surface area contributed by atoms with E-state index in [0.29, 0.717) is 5.69 Å². The van der Waals surface area contributed by atoms with Crippen molar-refractivity contribution in [3.05, 3.63) is 29.8 Å². The molecule has 0 aromatic heterocycles. The first-order valence-corrected chi connectivity index (χ1v) is 6.24. The summed E-state index contributed by atoms with van der Waals surface area (Å²) in [5.41, 5.74) is 6.57. The van der Waals surface area contributed by atoms with Crippen LogP contribution < -0.4 is 5.73 Å². The Balaban J connectivity index is 2.42. The Labute approximate surface area is 102 Å². The molecule has 3 N–H and O–H groups in total. The van der Waals surface area contributed by atoms with Gasteiger partial charge in [0, 0.05) is 5.69 Å². The zero-order valence-corrected chi connectivity index (χ0v) is 9.98. The highest BCUT2D eigenvalue weighted by molar-refractivity contribution is 5.81. The predicted molar refractivity (Wildman–Crippen MR) is 67.9 cm³/mol. The summed E-state index contributed by atoms with van der Waals surface area (Å²) in [4.78, 5) is 11.7. The number of carboxylic acid groups (broad SMARTS) is 1. The second-order valence-corrected chi connectivity index (χ2v) is 4.93. The average Bonchev–Trinajstić information content (AvgIpc) is 2.55. The van der Waals surface area contributed by atoms with Crippen molar-refractivity contribution in [3.8, 4) is 0 Å². The predicted octanol–water partition coefficient (Wildman–Crippen LogP) is 2.95. The summed E-state index contributed by atoms with van der Waals surface area (Å²) in [6, 6.07) is 7.37. The quantitative estimate of drug-likeness (QED) is 0.609. The van der Waals surface area contributed by atoms with Gasteiger partial charge in [0.1, 0.15) is 0 Å². The highest BCUT2D eigenvalue weighted by atomic mass is 16.4. The molecule has 0 spiro atoms. The maximum atomic E-state index is 11.7.